The van der Waals surface area contributed by atoms with Crippen molar-refractivity contribution in [2.45, 2.75) is 19.9 Å². The van der Waals surface area contributed by atoms with Gasteiger partial charge in [0.25, 0.3) is 0 Å². The Kier molecular flexibility index (Phi) is 12.9. The maximum Gasteiger partial charge on any atom is 0.194 e. The van der Waals surface area contributed by atoms with Crippen LogP contribution in [0.2, 0.25) is 0 Å². The second-order valence-electron chi connectivity index (χ2n) is 6.86. The predicted octanol–water partition coefficient (Wildman–Crippen LogP) is 2.78. The van der Waals surface area contributed by atoms with Crippen molar-refractivity contribution in [1.29, 1.82) is 0 Å². The van der Waals surface area contributed by atoms with Gasteiger partial charge >= 0.3 is 0 Å². The summed E-state index contributed by atoms with van der Waals surface area (Å²) in [5, 5.41) is 3.40. The van der Waals surface area contributed by atoms with Gasteiger partial charge in [-0.3, -0.25) is 0 Å². The molecule has 1 aliphatic heterocycles. The van der Waals surface area contributed by atoms with E-state index in [1.54, 1.807) is 28.4 Å². The van der Waals surface area contributed by atoms with Crippen LogP contribution in [0.25, 0.3) is 0 Å². The number of halogens is 1. The first-order valence-corrected chi connectivity index (χ1v) is 10.1. The first-order chi connectivity index (χ1) is 14.2. The Balaban J connectivity index is 0.00000450. The van der Waals surface area contributed by atoms with E-state index in [0.29, 0.717) is 37.2 Å². The van der Waals surface area contributed by atoms with Gasteiger partial charge in [-0.15, -0.1) is 24.0 Å². The summed E-state index contributed by atoms with van der Waals surface area (Å²) in [7, 11) is 6.57. The van der Waals surface area contributed by atoms with Crippen LogP contribution >= 0.6 is 24.0 Å². The van der Waals surface area contributed by atoms with E-state index in [9.17, 15) is 0 Å². The normalized spacial score (nSPS) is 16.2. The molecular weight excluding hydrogens is 501 g/mol. The van der Waals surface area contributed by atoms with Crippen molar-refractivity contribution in [3.05, 3.63) is 17.7 Å². The first-order valence-electron chi connectivity index (χ1n) is 10.1. The highest BCUT2D eigenvalue weighted by Crippen LogP contribution is 2.35. The molecule has 0 radical (unpaired) electrons. The molecule has 172 valence electrons. The molecule has 30 heavy (non-hydrogen) atoms. The molecule has 1 fully saturated rings. The minimum atomic E-state index is 0. The lowest BCUT2D eigenvalue weighted by atomic mass is 10.1. The average Bonchev–Trinajstić information content (AvgIpc) is 3.22. The number of likely N-dealkylation sites (tertiary alicyclic amines) is 1. The molecule has 0 aliphatic carbocycles. The molecule has 8 nitrogen and oxygen atoms in total. The van der Waals surface area contributed by atoms with Gasteiger partial charge < -0.3 is 33.9 Å². The zero-order chi connectivity index (χ0) is 21.1. The van der Waals surface area contributed by atoms with Crippen LogP contribution in [-0.4, -0.2) is 78.8 Å². The zero-order valence-electron chi connectivity index (χ0n) is 18.7. The number of hydrogen-bond acceptors (Lipinski definition) is 6. The van der Waals surface area contributed by atoms with Crippen molar-refractivity contribution >= 4 is 29.9 Å². The minimum absolute atomic E-state index is 0. The minimum Gasteiger partial charge on any atom is -0.496 e. The number of methoxy groups -OCH3 is 4. The number of hydrogen-bond donors (Lipinski definition) is 1. The number of nitrogens with zero attached hydrogens (tertiary/aromatic N) is 2. The molecule has 0 saturated carbocycles. The number of rotatable bonds is 11. The molecule has 0 bridgehead atoms. The standard InChI is InChI=1S/C21H35N3O5.HI/c1-6-22-21(24-8-7-16(14-24)15-29-10-9-25-2)23-13-17-11-19(27-4)20(28-5)12-18(17)26-3;/h11-12,16H,6-10,13-15H2,1-5H3,(H,22,23);1H. The molecule has 9 heteroatoms. The molecule has 1 unspecified atom stereocenters. The summed E-state index contributed by atoms with van der Waals surface area (Å²) in [4.78, 5) is 7.14. The number of ether oxygens (including phenoxy) is 5. The first kappa shape index (κ1) is 26.6. The monoisotopic (exact) mass is 537 g/mol. The number of benzene rings is 1. The van der Waals surface area contributed by atoms with E-state index < -0.39 is 0 Å². The fourth-order valence-corrected chi connectivity index (χ4v) is 3.36. The van der Waals surface area contributed by atoms with Crippen molar-refractivity contribution in [2.75, 3.05) is 67.9 Å². The molecule has 2 rings (SSSR count). The van der Waals surface area contributed by atoms with Crippen LogP contribution in [0.5, 0.6) is 17.2 Å². The van der Waals surface area contributed by atoms with Crippen LogP contribution in [0, 0.1) is 5.92 Å². The van der Waals surface area contributed by atoms with Gasteiger partial charge in [-0.1, -0.05) is 0 Å². The molecular formula is C21H36IN3O5. The van der Waals surface area contributed by atoms with Crippen LogP contribution in [0.1, 0.15) is 18.9 Å². The van der Waals surface area contributed by atoms with Gasteiger partial charge in [-0.2, -0.15) is 0 Å². The van der Waals surface area contributed by atoms with Crippen LogP contribution < -0.4 is 19.5 Å². The maximum absolute atomic E-state index is 5.70. The van der Waals surface area contributed by atoms with Gasteiger partial charge in [-0.25, -0.2) is 4.99 Å². The summed E-state index contributed by atoms with van der Waals surface area (Å²) >= 11 is 0. The quantitative estimate of drug-likeness (QED) is 0.202. The summed E-state index contributed by atoms with van der Waals surface area (Å²) in [5.41, 5.74) is 0.944. The number of guanidine groups is 1. The van der Waals surface area contributed by atoms with Crippen molar-refractivity contribution in [2.24, 2.45) is 10.9 Å². The van der Waals surface area contributed by atoms with Gasteiger partial charge in [0.1, 0.15) is 5.75 Å². The Morgan fingerprint density at radius 1 is 1.07 bits per heavy atom. The van der Waals surface area contributed by atoms with E-state index in [1.165, 1.54) is 0 Å². The third-order valence-corrected chi connectivity index (χ3v) is 4.89. The van der Waals surface area contributed by atoms with Crippen LogP contribution in [-0.2, 0) is 16.0 Å². The third-order valence-electron chi connectivity index (χ3n) is 4.89. The molecule has 0 spiro atoms. The molecule has 0 aromatic heterocycles. The predicted molar refractivity (Wildman–Crippen MR) is 129 cm³/mol. The van der Waals surface area contributed by atoms with E-state index in [0.717, 1.165) is 49.9 Å². The molecule has 1 aromatic carbocycles. The number of nitrogens with one attached hydrogen (secondary N) is 1. The van der Waals surface area contributed by atoms with Crippen LogP contribution in [0.15, 0.2) is 17.1 Å². The largest absolute Gasteiger partial charge is 0.496 e. The molecule has 1 atom stereocenters. The smallest absolute Gasteiger partial charge is 0.194 e. The summed E-state index contributed by atoms with van der Waals surface area (Å²) in [6, 6.07) is 3.75. The Morgan fingerprint density at radius 2 is 1.77 bits per heavy atom. The molecule has 0 amide bonds. The Hall–Kier alpha value is -1.46. The van der Waals surface area contributed by atoms with E-state index in [4.69, 9.17) is 28.7 Å². The lowest BCUT2D eigenvalue weighted by Crippen LogP contribution is -2.40. The summed E-state index contributed by atoms with van der Waals surface area (Å²) < 4.78 is 27.0. The van der Waals surface area contributed by atoms with Crippen molar-refractivity contribution in [3.63, 3.8) is 0 Å². The summed E-state index contributed by atoms with van der Waals surface area (Å²) in [6.07, 6.45) is 1.09. The lowest BCUT2D eigenvalue weighted by Gasteiger charge is -2.22. The maximum atomic E-state index is 5.70. The van der Waals surface area contributed by atoms with Crippen LogP contribution in [0.4, 0.5) is 0 Å². The van der Waals surface area contributed by atoms with Crippen molar-refractivity contribution in [1.82, 2.24) is 10.2 Å². The molecule has 1 heterocycles. The fourth-order valence-electron chi connectivity index (χ4n) is 3.36. The molecule has 1 N–H and O–H groups in total. The molecule has 1 aliphatic rings. The van der Waals surface area contributed by atoms with E-state index in [1.807, 2.05) is 12.1 Å². The molecule has 1 saturated heterocycles. The zero-order valence-corrected chi connectivity index (χ0v) is 21.1. The highest BCUT2D eigenvalue weighted by atomic mass is 127. The van der Waals surface area contributed by atoms with Crippen molar-refractivity contribution < 1.29 is 23.7 Å². The number of aliphatic imine (C=N–C) groups is 1. The van der Waals surface area contributed by atoms with Gasteiger partial charge in [0.05, 0.1) is 47.7 Å². The van der Waals surface area contributed by atoms with E-state index >= 15 is 0 Å². The van der Waals surface area contributed by atoms with Gasteiger partial charge in [0.2, 0.25) is 0 Å². The second kappa shape index (κ2) is 14.5. The summed E-state index contributed by atoms with van der Waals surface area (Å²) in [6.45, 7) is 7.30. The van der Waals surface area contributed by atoms with Crippen molar-refractivity contribution in [3.8, 4) is 17.2 Å². The summed E-state index contributed by atoms with van der Waals surface area (Å²) in [5.74, 6) is 3.45. The van der Waals surface area contributed by atoms with E-state index in [-0.39, 0.29) is 24.0 Å². The molecule has 1 aromatic rings. The van der Waals surface area contributed by atoms with E-state index in [2.05, 4.69) is 17.1 Å². The highest BCUT2D eigenvalue weighted by Gasteiger charge is 2.25. The Bertz CT molecular complexity index is 660. The fraction of sp³-hybridized carbons (Fsp3) is 0.667. The second-order valence-corrected chi connectivity index (χ2v) is 6.86. The Labute approximate surface area is 197 Å². The van der Waals surface area contributed by atoms with Crippen LogP contribution in [0.3, 0.4) is 0 Å². The van der Waals surface area contributed by atoms with Gasteiger partial charge in [0, 0.05) is 44.3 Å². The third kappa shape index (κ3) is 7.66. The van der Waals surface area contributed by atoms with Gasteiger partial charge in [0.15, 0.2) is 17.5 Å². The average molecular weight is 537 g/mol. The topological polar surface area (TPSA) is 73.8 Å². The highest BCUT2D eigenvalue weighted by molar-refractivity contribution is 14.0. The van der Waals surface area contributed by atoms with Gasteiger partial charge in [-0.05, 0) is 19.4 Å². The lowest BCUT2D eigenvalue weighted by molar-refractivity contribution is 0.0536. The SMILES string of the molecule is CCNC(=NCc1cc(OC)c(OC)cc1OC)N1CCC(COCCOC)C1.I. The Morgan fingerprint density at radius 3 is 2.40 bits per heavy atom.